The van der Waals surface area contributed by atoms with Gasteiger partial charge in [0.15, 0.2) is 5.78 Å². The van der Waals surface area contributed by atoms with Crippen LogP contribution in [0.15, 0.2) is 29.8 Å². The van der Waals surface area contributed by atoms with Crippen LogP contribution in [0, 0.1) is 12.8 Å². The molecule has 18 heavy (non-hydrogen) atoms. The lowest BCUT2D eigenvalue weighted by Gasteiger charge is -2.22. The van der Waals surface area contributed by atoms with Gasteiger partial charge in [0.2, 0.25) is 0 Å². The van der Waals surface area contributed by atoms with Crippen LogP contribution in [0.25, 0.3) is 6.08 Å². The Morgan fingerprint density at radius 1 is 1.22 bits per heavy atom. The van der Waals surface area contributed by atoms with Crippen molar-refractivity contribution in [2.24, 2.45) is 5.92 Å². The topological polar surface area (TPSA) is 20.3 Å². The first-order valence-corrected chi connectivity index (χ1v) is 6.47. The van der Waals surface area contributed by atoms with Crippen molar-refractivity contribution in [2.75, 3.05) is 14.1 Å². The number of rotatable bonds is 2. The maximum atomic E-state index is 12.1. The van der Waals surface area contributed by atoms with E-state index < -0.39 is 0 Å². The second-order valence-corrected chi connectivity index (χ2v) is 5.46. The average molecular weight is 243 g/mol. The first-order chi connectivity index (χ1) is 8.49. The highest BCUT2D eigenvalue weighted by molar-refractivity contribution is 6.02. The Morgan fingerprint density at radius 3 is 2.33 bits per heavy atom. The number of ketones is 1. The summed E-state index contributed by atoms with van der Waals surface area (Å²) in [6.07, 6.45) is 2.70. The molecular weight excluding hydrogens is 222 g/mol. The quantitative estimate of drug-likeness (QED) is 0.744. The number of carbonyl (C=O) groups is 1. The van der Waals surface area contributed by atoms with Gasteiger partial charge in [-0.3, -0.25) is 4.79 Å². The van der Waals surface area contributed by atoms with E-state index in [9.17, 15) is 4.79 Å². The Bertz CT molecular complexity index is 470. The van der Waals surface area contributed by atoms with Gasteiger partial charge in [-0.05, 0) is 32.7 Å². The van der Waals surface area contributed by atoms with Crippen LogP contribution in [0.5, 0.6) is 0 Å². The standard InChI is InChI=1S/C16H21NO/c1-11-5-7-13(8-6-11)9-14-12(2)15(17(3)4)10-16(14)18/h5-9,12,15H,10H2,1-4H3. The normalized spacial score (nSPS) is 26.3. The van der Waals surface area contributed by atoms with E-state index in [0.717, 1.165) is 11.1 Å². The van der Waals surface area contributed by atoms with Gasteiger partial charge in [0, 0.05) is 24.0 Å². The van der Waals surface area contributed by atoms with Crippen molar-refractivity contribution in [1.29, 1.82) is 0 Å². The van der Waals surface area contributed by atoms with Crippen molar-refractivity contribution in [3.05, 3.63) is 41.0 Å². The molecule has 2 unspecified atom stereocenters. The number of Topliss-reactive ketones (excluding diaryl/α,β-unsaturated/α-hetero) is 1. The highest BCUT2D eigenvalue weighted by Crippen LogP contribution is 2.32. The van der Waals surface area contributed by atoms with Gasteiger partial charge in [-0.2, -0.15) is 0 Å². The van der Waals surface area contributed by atoms with Crippen molar-refractivity contribution >= 4 is 11.9 Å². The van der Waals surface area contributed by atoms with Crippen LogP contribution in [0.1, 0.15) is 24.5 Å². The number of hydrogen-bond acceptors (Lipinski definition) is 2. The number of carbonyl (C=O) groups excluding carboxylic acids is 1. The predicted molar refractivity (Wildman–Crippen MR) is 75.4 cm³/mol. The molecular formula is C16H21NO. The third-order valence-electron chi connectivity index (χ3n) is 3.85. The number of nitrogens with zero attached hydrogens (tertiary/aromatic N) is 1. The van der Waals surface area contributed by atoms with Gasteiger partial charge >= 0.3 is 0 Å². The summed E-state index contributed by atoms with van der Waals surface area (Å²) in [7, 11) is 4.09. The van der Waals surface area contributed by atoms with Crippen molar-refractivity contribution in [1.82, 2.24) is 4.90 Å². The smallest absolute Gasteiger partial charge is 0.160 e. The third kappa shape index (κ3) is 2.54. The van der Waals surface area contributed by atoms with Crippen LogP contribution >= 0.6 is 0 Å². The van der Waals surface area contributed by atoms with Crippen LogP contribution in [-0.2, 0) is 4.79 Å². The molecule has 0 amide bonds. The summed E-state index contributed by atoms with van der Waals surface area (Å²) < 4.78 is 0. The molecule has 2 heteroatoms. The monoisotopic (exact) mass is 243 g/mol. The summed E-state index contributed by atoms with van der Waals surface area (Å²) in [6.45, 7) is 4.22. The first-order valence-electron chi connectivity index (χ1n) is 6.47. The Labute approximate surface area is 109 Å². The molecule has 1 aromatic carbocycles. The van der Waals surface area contributed by atoms with Crippen molar-refractivity contribution in [2.45, 2.75) is 26.3 Å². The van der Waals surface area contributed by atoms with E-state index in [1.807, 2.05) is 14.1 Å². The minimum atomic E-state index is 0.293. The molecule has 0 saturated heterocycles. The summed E-state index contributed by atoms with van der Waals surface area (Å²) in [6, 6.07) is 8.66. The van der Waals surface area contributed by atoms with Gasteiger partial charge in [0.25, 0.3) is 0 Å². The Hall–Kier alpha value is -1.41. The summed E-state index contributed by atoms with van der Waals surface area (Å²) >= 11 is 0. The van der Waals surface area contributed by atoms with E-state index in [-0.39, 0.29) is 0 Å². The SMILES string of the molecule is Cc1ccc(C=C2C(=O)CC(N(C)C)C2C)cc1. The van der Waals surface area contributed by atoms with Gasteiger partial charge in [0.1, 0.15) is 0 Å². The van der Waals surface area contributed by atoms with E-state index in [0.29, 0.717) is 24.2 Å². The molecule has 2 nitrogen and oxygen atoms in total. The van der Waals surface area contributed by atoms with Gasteiger partial charge in [-0.25, -0.2) is 0 Å². The van der Waals surface area contributed by atoms with E-state index in [1.165, 1.54) is 5.56 Å². The molecule has 1 saturated carbocycles. The van der Waals surface area contributed by atoms with Crippen LogP contribution in [-0.4, -0.2) is 30.8 Å². The fraction of sp³-hybridized carbons (Fsp3) is 0.438. The molecule has 0 aromatic heterocycles. The highest BCUT2D eigenvalue weighted by Gasteiger charge is 2.35. The molecule has 0 N–H and O–H groups in total. The second-order valence-electron chi connectivity index (χ2n) is 5.46. The highest BCUT2D eigenvalue weighted by atomic mass is 16.1. The van der Waals surface area contributed by atoms with E-state index in [4.69, 9.17) is 0 Å². The zero-order valence-electron chi connectivity index (χ0n) is 11.6. The maximum Gasteiger partial charge on any atom is 0.160 e. The molecule has 1 aliphatic carbocycles. The van der Waals surface area contributed by atoms with E-state index in [2.05, 4.69) is 49.1 Å². The van der Waals surface area contributed by atoms with Crippen LogP contribution in [0.2, 0.25) is 0 Å². The van der Waals surface area contributed by atoms with Crippen LogP contribution in [0.4, 0.5) is 0 Å². The Balaban J connectivity index is 2.27. The maximum absolute atomic E-state index is 12.1. The van der Waals surface area contributed by atoms with Gasteiger partial charge in [-0.15, -0.1) is 0 Å². The lowest BCUT2D eigenvalue weighted by Crippen LogP contribution is -2.30. The summed E-state index contributed by atoms with van der Waals surface area (Å²) in [5.41, 5.74) is 3.34. The molecule has 1 fully saturated rings. The lowest BCUT2D eigenvalue weighted by molar-refractivity contribution is -0.114. The van der Waals surface area contributed by atoms with Crippen LogP contribution in [0.3, 0.4) is 0 Å². The van der Waals surface area contributed by atoms with Crippen LogP contribution < -0.4 is 0 Å². The summed E-state index contributed by atoms with van der Waals surface area (Å²) in [5, 5.41) is 0. The molecule has 0 aliphatic heterocycles. The minimum Gasteiger partial charge on any atom is -0.305 e. The minimum absolute atomic E-state index is 0.293. The lowest BCUT2D eigenvalue weighted by atomic mass is 9.98. The second kappa shape index (κ2) is 5.07. The zero-order chi connectivity index (χ0) is 13.3. The predicted octanol–water partition coefficient (Wildman–Crippen LogP) is 2.92. The molecule has 0 bridgehead atoms. The molecule has 1 aliphatic rings. The number of hydrogen-bond donors (Lipinski definition) is 0. The van der Waals surface area contributed by atoms with Gasteiger partial charge in [0.05, 0.1) is 0 Å². The van der Waals surface area contributed by atoms with Crippen molar-refractivity contribution < 1.29 is 4.79 Å². The molecule has 1 aromatic rings. The number of benzene rings is 1. The number of aryl methyl sites for hydroxylation is 1. The fourth-order valence-corrected chi connectivity index (χ4v) is 2.63. The summed E-state index contributed by atoms with van der Waals surface area (Å²) in [4.78, 5) is 14.2. The third-order valence-corrected chi connectivity index (χ3v) is 3.85. The van der Waals surface area contributed by atoms with E-state index in [1.54, 1.807) is 0 Å². The van der Waals surface area contributed by atoms with Gasteiger partial charge < -0.3 is 4.90 Å². The van der Waals surface area contributed by atoms with Gasteiger partial charge in [-0.1, -0.05) is 36.8 Å². The molecule has 0 spiro atoms. The Morgan fingerprint density at radius 2 is 1.83 bits per heavy atom. The molecule has 2 rings (SSSR count). The van der Waals surface area contributed by atoms with E-state index >= 15 is 0 Å². The zero-order valence-corrected chi connectivity index (χ0v) is 11.6. The Kier molecular flexibility index (Phi) is 3.67. The van der Waals surface area contributed by atoms with Crippen molar-refractivity contribution in [3.63, 3.8) is 0 Å². The van der Waals surface area contributed by atoms with Crippen molar-refractivity contribution in [3.8, 4) is 0 Å². The summed E-state index contributed by atoms with van der Waals surface area (Å²) in [5.74, 6) is 0.607. The largest absolute Gasteiger partial charge is 0.305 e. The molecule has 0 heterocycles. The molecule has 2 atom stereocenters. The molecule has 0 radical (unpaired) electrons. The molecule has 96 valence electrons. The average Bonchev–Trinajstić information content (AvgIpc) is 2.60. The fourth-order valence-electron chi connectivity index (χ4n) is 2.63. The first kappa shape index (κ1) is 13.0.